The van der Waals surface area contributed by atoms with Crippen molar-refractivity contribution in [3.63, 3.8) is 0 Å². The van der Waals surface area contributed by atoms with Gasteiger partial charge in [-0.05, 0) is 70.1 Å². The molecule has 0 spiro atoms. The van der Waals surface area contributed by atoms with Crippen LogP contribution >= 0.6 is 34.2 Å². The fraction of sp³-hybridized carbons (Fsp3) is 0.389. The van der Waals surface area contributed by atoms with E-state index in [-0.39, 0.29) is 23.2 Å². The van der Waals surface area contributed by atoms with Crippen LogP contribution in [-0.4, -0.2) is 41.9 Å². The number of nitrogens with zero attached hydrogens (tertiary/aromatic N) is 4. The van der Waals surface area contributed by atoms with Gasteiger partial charge in [-0.15, -0.1) is 0 Å². The Labute approximate surface area is 173 Å². The number of aromatic nitrogens is 4. The normalized spacial score (nSPS) is 29.1. The second-order valence-electron chi connectivity index (χ2n) is 7.18. The molecule has 0 radical (unpaired) electrons. The Morgan fingerprint density at radius 2 is 2.07 bits per heavy atom. The summed E-state index contributed by atoms with van der Waals surface area (Å²) in [5.41, 5.74) is 2.30. The number of halogens is 2. The van der Waals surface area contributed by atoms with E-state index in [9.17, 15) is 10.2 Å². The number of aliphatic hydroxyl groups excluding tert-OH is 2. The van der Waals surface area contributed by atoms with E-state index in [1.165, 1.54) is 0 Å². The summed E-state index contributed by atoms with van der Waals surface area (Å²) in [4.78, 5) is 13.1. The Hall–Kier alpha value is -1.49. The lowest BCUT2D eigenvalue weighted by Crippen LogP contribution is -2.31. The van der Waals surface area contributed by atoms with Crippen molar-refractivity contribution >= 4 is 51.2 Å². The number of aliphatic hydroxyl groups is 2. The fourth-order valence-corrected chi connectivity index (χ4v) is 4.94. The third-order valence-electron chi connectivity index (χ3n) is 5.53. The Bertz CT molecular complexity index is 1030. The molecule has 2 fully saturated rings. The molecular weight excluding hydrogens is 481 g/mol. The third-order valence-corrected chi connectivity index (χ3v) is 6.37. The highest BCUT2D eigenvalue weighted by Gasteiger charge is 2.60. The first kappa shape index (κ1) is 17.6. The highest BCUT2D eigenvalue weighted by molar-refractivity contribution is 14.1. The molecular formula is C18H17ClIN5O2. The number of rotatable bonds is 4. The number of benzene rings is 1. The lowest BCUT2D eigenvalue weighted by Gasteiger charge is -2.22. The van der Waals surface area contributed by atoms with Gasteiger partial charge in [0.05, 0.1) is 18.5 Å². The van der Waals surface area contributed by atoms with E-state index in [0.29, 0.717) is 23.5 Å². The van der Waals surface area contributed by atoms with Crippen LogP contribution in [0.5, 0.6) is 0 Å². The molecule has 2 aliphatic carbocycles. The maximum atomic E-state index is 10.4. The van der Waals surface area contributed by atoms with Gasteiger partial charge in [-0.1, -0.05) is 12.1 Å². The van der Waals surface area contributed by atoms with Crippen molar-refractivity contribution < 1.29 is 10.2 Å². The molecule has 2 saturated carbocycles. The Balaban J connectivity index is 1.49. The zero-order chi connectivity index (χ0) is 18.7. The predicted octanol–water partition coefficient (Wildman–Crippen LogP) is 2.61. The molecule has 3 N–H and O–H groups in total. The molecule has 0 bridgehead atoms. The Morgan fingerprint density at radius 3 is 2.81 bits per heavy atom. The van der Waals surface area contributed by atoms with Crippen LogP contribution in [-0.2, 0) is 6.54 Å². The van der Waals surface area contributed by atoms with Gasteiger partial charge in [0.2, 0.25) is 5.28 Å². The van der Waals surface area contributed by atoms with Crippen LogP contribution in [0.2, 0.25) is 5.28 Å². The zero-order valence-corrected chi connectivity index (χ0v) is 17.0. The summed E-state index contributed by atoms with van der Waals surface area (Å²) >= 11 is 8.44. The molecule has 5 atom stereocenters. The number of fused-ring (bicyclic) bond motifs is 2. The average molecular weight is 498 g/mol. The molecule has 2 aromatic heterocycles. The van der Waals surface area contributed by atoms with Crippen molar-refractivity contribution in [2.24, 2.45) is 11.8 Å². The van der Waals surface area contributed by atoms with Gasteiger partial charge >= 0.3 is 0 Å². The lowest BCUT2D eigenvalue weighted by molar-refractivity contribution is 0.00386. The molecule has 1 aromatic carbocycles. The van der Waals surface area contributed by atoms with Crippen LogP contribution in [0.3, 0.4) is 0 Å². The SMILES string of the molecule is O[C@@H]1[C@H](O)[C@@H]2CC2[C@H]1n1cnc2c(NCc3cccc(I)c3)nc(Cl)nc21. The molecule has 2 heterocycles. The molecule has 5 rings (SSSR count). The second kappa shape index (κ2) is 6.54. The van der Waals surface area contributed by atoms with Gasteiger partial charge in [0.25, 0.3) is 0 Å². The minimum atomic E-state index is -0.817. The summed E-state index contributed by atoms with van der Waals surface area (Å²) in [6.07, 6.45) is 1.07. The van der Waals surface area contributed by atoms with Gasteiger partial charge in [0, 0.05) is 10.1 Å². The summed E-state index contributed by atoms with van der Waals surface area (Å²) in [5, 5.41) is 24.0. The van der Waals surface area contributed by atoms with E-state index in [1.807, 2.05) is 22.8 Å². The minimum Gasteiger partial charge on any atom is -0.390 e. The van der Waals surface area contributed by atoms with E-state index < -0.39 is 12.2 Å². The number of hydrogen-bond acceptors (Lipinski definition) is 6. The molecule has 2 aliphatic rings. The van der Waals surface area contributed by atoms with Crippen molar-refractivity contribution in [1.82, 2.24) is 19.5 Å². The molecule has 0 amide bonds. The first-order chi connectivity index (χ1) is 13.0. The molecule has 0 saturated heterocycles. The minimum absolute atomic E-state index is 0.120. The summed E-state index contributed by atoms with van der Waals surface area (Å²) < 4.78 is 3.00. The third kappa shape index (κ3) is 2.98. The molecule has 140 valence electrons. The van der Waals surface area contributed by atoms with Crippen molar-refractivity contribution in [3.8, 4) is 0 Å². The lowest BCUT2D eigenvalue weighted by atomic mass is 10.1. The molecule has 0 aliphatic heterocycles. The summed E-state index contributed by atoms with van der Waals surface area (Å²) in [6.45, 7) is 0.585. The number of imidazole rings is 1. The van der Waals surface area contributed by atoms with Crippen molar-refractivity contribution in [1.29, 1.82) is 0 Å². The van der Waals surface area contributed by atoms with E-state index >= 15 is 0 Å². The predicted molar refractivity (Wildman–Crippen MR) is 109 cm³/mol. The maximum Gasteiger partial charge on any atom is 0.226 e. The van der Waals surface area contributed by atoms with Crippen molar-refractivity contribution in [2.45, 2.75) is 31.2 Å². The van der Waals surface area contributed by atoms with Crippen LogP contribution in [0, 0.1) is 15.4 Å². The van der Waals surface area contributed by atoms with Gasteiger partial charge in [-0.25, -0.2) is 4.98 Å². The van der Waals surface area contributed by atoms with Gasteiger partial charge in [-0.3, -0.25) is 0 Å². The molecule has 3 aromatic rings. The highest BCUT2D eigenvalue weighted by atomic mass is 127. The average Bonchev–Trinajstić information content (AvgIpc) is 3.25. The Kier molecular flexibility index (Phi) is 4.26. The maximum absolute atomic E-state index is 10.4. The highest BCUT2D eigenvalue weighted by Crippen LogP contribution is 2.57. The zero-order valence-electron chi connectivity index (χ0n) is 14.1. The first-order valence-electron chi connectivity index (χ1n) is 8.77. The number of nitrogens with one attached hydrogen (secondary N) is 1. The topological polar surface area (TPSA) is 96.1 Å². The smallest absolute Gasteiger partial charge is 0.226 e. The van der Waals surface area contributed by atoms with Crippen molar-refractivity contribution in [3.05, 3.63) is 45.0 Å². The standard InChI is InChI=1S/C18H17ClIN5O2/c19-18-23-16(21-6-8-2-1-3-9(20)4-8)12-17(24-18)25(7-22-12)13-10-5-11(10)14(26)15(13)27/h1-4,7,10-11,13-15,26-27H,5-6H2,(H,21,23,24)/t10?,11-,13-,14-,15+/m1/s1. The van der Waals surface area contributed by atoms with Crippen LogP contribution in [0.1, 0.15) is 18.0 Å². The molecule has 9 heteroatoms. The molecule has 7 nitrogen and oxygen atoms in total. The second-order valence-corrected chi connectivity index (χ2v) is 8.77. The van der Waals surface area contributed by atoms with Gasteiger partial charge in [-0.2, -0.15) is 9.97 Å². The summed E-state index contributed by atoms with van der Waals surface area (Å²) in [6, 6.07) is 7.95. The molecule has 27 heavy (non-hydrogen) atoms. The number of anilines is 1. The van der Waals surface area contributed by atoms with E-state index in [0.717, 1.165) is 15.6 Å². The van der Waals surface area contributed by atoms with E-state index in [4.69, 9.17) is 11.6 Å². The number of hydrogen-bond donors (Lipinski definition) is 3. The first-order valence-corrected chi connectivity index (χ1v) is 10.2. The van der Waals surface area contributed by atoms with Gasteiger partial charge in [0.1, 0.15) is 6.10 Å². The van der Waals surface area contributed by atoms with Crippen molar-refractivity contribution in [2.75, 3.05) is 5.32 Å². The van der Waals surface area contributed by atoms with Crippen LogP contribution in [0.15, 0.2) is 30.6 Å². The Morgan fingerprint density at radius 1 is 1.22 bits per heavy atom. The monoisotopic (exact) mass is 497 g/mol. The fourth-order valence-electron chi connectivity index (χ4n) is 4.16. The molecule has 1 unspecified atom stereocenters. The van der Waals surface area contributed by atoms with Crippen LogP contribution in [0.25, 0.3) is 11.2 Å². The van der Waals surface area contributed by atoms with E-state index in [2.05, 4.69) is 48.9 Å². The largest absolute Gasteiger partial charge is 0.390 e. The van der Waals surface area contributed by atoms with E-state index in [1.54, 1.807) is 6.33 Å². The van der Waals surface area contributed by atoms with Gasteiger partial charge < -0.3 is 20.1 Å². The van der Waals surface area contributed by atoms with Gasteiger partial charge in [0.15, 0.2) is 17.0 Å². The van der Waals surface area contributed by atoms with Crippen LogP contribution < -0.4 is 5.32 Å². The quantitative estimate of drug-likeness (QED) is 0.379. The van der Waals surface area contributed by atoms with Crippen LogP contribution in [0.4, 0.5) is 5.82 Å². The summed E-state index contributed by atoms with van der Waals surface area (Å²) in [7, 11) is 0. The summed E-state index contributed by atoms with van der Waals surface area (Å²) in [5.74, 6) is 0.977.